The summed E-state index contributed by atoms with van der Waals surface area (Å²) in [6.45, 7) is -1.45. The summed E-state index contributed by atoms with van der Waals surface area (Å²) in [5, 5.41) is 52.6. The van der Waals surface area contributed by atoms with Crippen molar-refractivity contribution in [2.45, 2.75) is 12.6 Å². The summed E-state index contributed by atoms with van der Waals surface area (Å²) in [6, 6.07) is 0. The molecule has 10 heteroatoms. The topological polar surface area (TPSA) is 162 Å². The molecule has 20 heavy (non-hydrogen) atoms. The quantitative estimate of drug-likeness (QED) is 0.210. The molecule has 0 spiro atoms. The molecule has 0 aromatic heterocycles. The molecule has 0 saturated carbocycles. The van der Waals surface area contributed by atoms with Crippen LogP contribution >= 0.6 is 0 Å². The second kappa shape index (κ2) is 9.58. The van der Waals surface area contributed by atoms with Crippen LogP contribution in [-0.4, -0.2) is 104 Å². The van der Waals surface area contributed by atoms with Crippen LogP contribution in [0.2, 0.25) is 0 Å². The zero-order chi connectivity index (χ0) is 15.7. The molecule has 0 bridgehead atoms. The minimum Gasteiger partial charge on any atom is -0.480 e. The van der Waals surface area contributed by atoms with Gasteiger partial charge >= 0.3 is 11.9 Å². The molecule has 10 nitrogen and oxygen atoms in total. The molecule has 0 atom stereocenters. The molecule has 0 aliphatic heterocycles. The van der Waals surface area contributed by atoms with E-state index in [4.69, 9.17) is 30.6 Å². The Morgan fingerprint density at radius 3 is 1.25 bits per heavy atom. The number of aliphatic carboxylic acids is 2. The average molecular weight is 296 g/mol. The first-order valence-electron chi connectivity index (χ1n) is 5.81. The third-order valence-corrected chi connectivity index (χ3v) is 2.29. The predicted octanol–water partition coefficient (Wildman–Crippen LogP) is -3.62. The van der Waals surface area contributed by atoms with E-state index in [1.54, 1.807) is 0 Å². The Morgan fingerprint density at radius 1 is 0.750 bits per heavy atom. The van der Waals surface area contributed by atoms with Gasteiger partial charge in [0.15, 0.2) is 12.6 Å². The fourth-order valence-corrected chi connectivity index (χ4v) is 1.60. The highest BCUT2D eigenvalue weighted by Gasteiger charge is 2.17. The van der Waals surface area contributed by atoms with Crippen LogP contribution in [0.4, 0.5) is 0 Å². The van der Waals surface area contributed by atoms with Crippen molar-refractivity contribution in [1.29, 1.82) is 0 Å². The van der Waals surface area contributed by atoms with Crippen molar-refractivity contribution >= 4 is 11.9 Å². The second-order valence-corrected chi connectivity index (χ2v) is 4.22. The molecule has 0 rings (SSSR count). The summed E-state index contributed by atoms with van der Waals surface area (Å²) in [7, 11) is 0. The fraction of sp³-hybridized carbons (Fsp3) is 0.800. The Balaban J connectivity index is 4.42. The Morgan fingerprint density at radius 2 is 1.05 bits per heavy atom. The minimum atomic E-state index is -1.72. The molecule has 6 N–H and O–H groups in total. The van der Waals surface area contributed by atoms with Crippen LogP contribution in [0.25, 0.3) is 0 Å². The minimum absolute atomic E-state index is 0.0317. The number of hydrogen-bond donors (Lipinski definition) is 6. The lowest BCUT2D eigenvalue weighted by atomic mass is 10.3. The van der Waals surface area contributed by atoms with Crippen molar-refractivity contribution in [3.8, 4) is 0 Å². The molecule has 0 aromatic rings. The maximum atomic E-state index is 10.6. The van der Waals surface area contributed by atoms with Crippen molar-refractivity contribution < 1.29 is 40.2 Å². The van der Waals surface area contributed by atoms with E-state index in [1.165, 1.54) is 9.80 Å². The molecule has 118 valence electrons. The maximum absolute atomic E-state index is 10.6. The smallest absolute Gasteiger partial charge is 0.317 e. The lowest BCUT2D eigenvalue weighted by molar-refractivity contribution is -0.142. The first-order valence-corrected chi connectivity index (χ1v) is 5.81. The number of nitrogens with zero attached hydrogens (tertiary/aromatic N) is 2. The maximum Gasteiger partial charge on any atom is 0.317 e. The number of aliphatic hydroxyl groups excluding tert-OH is 2. The molecule has 0 saturated heterocycles. The zero-order valence-corrected chi connectivity index (χ0v) is 10.8. The number of rotatable bonds is 11. The standard InChI is InChI=1S/C10H20N2O8/c13-7(14)3-11(4-8(15)16)1-2-12(5-9(17)18)6-10(19)20/h7,9,13-14,17-18H,1-6H2,(H,15,16)(H,19,20). The molecule has 0 unspecified atom stereocenters. The SMILES string of the molecule is O=C(O)CN(CCN(CC(=O)O)CC(O)O)CC(O)O. The monoisotopic (exact) mass is 296 g/mol. The van der Waals surface area contributed by atoms with Gasteiger partial charge in [-0.3, -0.25) is 19.4 Å². The van der Waals surface area contributed by atoms with Crippen LogP contribution < -0.4 is 0 Å². The van der Waals surface area contributed by atoms with Gasteiger partial charge in [0.1, 0.15) is 0 Å². The van der Waals surface area contributed by atoms with Gasteiger partial charge < -0.3 is 30.6 Å². The summed E-state index contributed by atoms with van der Waals surface area (Å²) in [4.78, 5) is 23.6. The first kappa shape index (κ1) is 18.7. The van der Waals surface area contributed by atoms with Gasteiger partial charge in [-0.2, -0.15) is 0 Å². The summed E-state index contributed by atoms with van der Waals surface area (Å²) in [5.41, 5.74) is 0. The van der Waals surface area contributed by atoms with Crippen molar-refractivity contribution in [2.24, 2.45) is 0 Å². The lowest BCUT2D eigenvalue weighted by Crippen LogP contribution is -2.44. The van der Waals surface area contributed by atoms with Crippen LogP contribution in [-0.2, 0) is 9.59 Å². The highest BCUT2D eigenvalue weighted by Crippen LogP contribution is 1.96. The van der Waals surface area contributed by atoms with Gasteiger partial charge in [0.2, 0.25) is 0 Å². The number of carbonyl (C=O) groups is 2. The average Bonchev–Trinajstić information content (AvgIpc) is 2.22. The van der Waals surface area contributed by atoms with Crippen LogP contribution in [0.5, 0.6) is 0 Å². The van der Waals surface area contributed by atoms with Gasteiger partial charge in [-0.1, -0.05) is 0 Å². The summed E-state index contributed by atoms with van der Waals surface area (Å²) >= 11 is 0. The highest BCUT2D eigenvalue weighted by molar-refractivity contribution is 5.69. The molecule has 0 fully saturated rings. The van der Waals surface area contributed by atoms with E-state index in [1.807, 2.05) is 0 Å². The highest BCUT2D eigenvalue weighted by atomic mass is 16.5. The summed E-state index contributed by atoms with van der Waals surface area (Å²) < 4.78 is 0. The van der Waals surface area contributed by atoms with E-state index in [2.05, 4.69) is 0 Å². The normalized spacial score (nSPS) is 11.8. The number of hydrogen-bond acceptors (Lipinski definition) is 8. The molecular formula is C10H20N2O8. The van der Waals surface area contributed by atoms with Gasteiger partial charge in [0.25, 0.3) is 0 Å². The fourth-order valence-electron chi connectivity index (χ4n) is 1.60. The summed E-state index contributed by atoms with van der Waals surface area (Å²) in [5.74, 6) is -2.34. The van der Waals surface area contributed by atoms with Crippen LogP contribution in [0, 0.1) is 0 Å². The van der Waals surface area contributed by atoms with Crippen LogP contribution in [0.1, 0.15) is 0 Å². The van der Waals surface area contributed by atoms with Crippen molar-refractivity contribution in [3.05, 3.63) is 0 Å². The second-order valence-electron chi connectivity index (χ2n) is 4.22. The molecule has 0 heterocycles. The third kappa shape index (κ3) is 10.6. The Labute approximate surface area is 115 Å². The van der Waals surface area contributed by atoms with Crippen LogP contribution in [0.3, 0.4) is 0 Å². The van der Waals surface area contributed by atoms with Gasteiger partial charge in [-0.15, -0.1) is 0 Å². The van der Waals surface area contributed by atoms with E-state index in [-0.39, 0.29) is 26.2 Å². The Hall–Kier alpha value is -1.30. The zero-order valence-electron chi connectivity index (χ0n) is 10.8. The Kier molecular flexibility index (Phi) is 8.96. The molecule has 0 aliphatic carbocycles. The van der Waals surface area contributed by atoms with E-state index in [9.17, 15) is 9.59 Å². The summed E-state index contributed by atoms with van der Waals surface area (Å²) in [6.07, 6.45) is -3.43. The molecule has 0 aromatic carbocycles. The molecule has 0 amide bonds. The van der Waals surface area contributed by atoms with Crippen molar-refractivity contribution in [2.75, 3.05) is 39.3 Å². The van der Waals surface area contributed by atoms with E-state index in [0.29, 0.717) is 0 Å². The van der Waals surface area contributed by atoms with Gasteiger partial charge in [-0.25, -0.2) is 0 Å². The van der Waals surface area contributed by atoms with Crippen LogP contribution in [0.15, 0.2) is 0 Å². The van der Waals surface area contributed by atoms with Gasteiger partial charge in [0, 0.05) is 26.2 Å². The van der Waals surface area contributed by atoms with Gasteiger partial charge in [0.05, 0.1) is 13.1 Å². The van der Waals surface area contributed by atoms with Gasteiger partial charge in [-0.05, 0) is 0 Å². The number of carboxylic acids is 2. The molecular weight excluding hydrogens is 276 g/mol. The number of carboxylic acid groups (broad SMARTS) is 2. The van der Waals surface area contributed by atoms with E-state index < -0.39 is 37.6 Å². The molecule has 0 aliphatic rings. The van der Waals surface area contributed by atoms with Crippen molar-refractivity contribution in [1.82, 2.24) is 9.80 Å². The third-order valence-electron chi connectivity index (χ3n) is 2.29. The largest absolute Gasteiger partial charge is 0.480 e. The first-order chi connectivity index (χ1) is 9.20. The molecule has 0 radical (unpaired) electrons. The number of aliphatic hydroxyl groups is 4. The van der Waals surface area contributed by atoms with E-state index >= 15 is 0 Å². The Bertz CT molecular complexity index is 280. The predicted molar refractivity (Wildman–Crippen MR) is 64.6 cm³/mol. The van der Waals surface area contributed by atoms with E-state index in [0.717, 1.165) is 0 Å². The van der Waals surface area contributed by atoms with Crippen molar-refractivity contribution in [3.63, 3.8) is 0 Å². The lowest BCUT2D eigenvalue weighted by Gasteiger charge is -2.26.